The fraction of sp³-hybridized carbons (Fsp3) is 0.269. The third-order valence-corrected chi connectivity index (χ3v) is 6.85. The predicted molar refractivity (Wildman–Crippen MR) is 137 cm³/mol. The van der Waals surface area contributed by atoms with Crippen molar-refractivity contribution >= 4 is 29.2 Å². The maximum absolute atomic E-state index is 9.34. The van der Waals surface area contributed by atoms with Gasteiger partial charge in [0.15, 0.2) is 11.5 Å². The van der Waals surface area contributed by atoms with E-state index in [0.29, 0.717) is 27.8 Å². The largest absolute Gasteiger partial charge is 0.493 e. The molecule has 1 saturated heterocycles. The highest BCUT2D eigenvalue weighted by Gasteiger charge is 2.22. The van der Waals surface area contributed by atoms with E-state index >= 15 is 0 Å². The summed E-state index contributed by atoms with van der Waals surface area (Å²) in [5, 5.41) is 9.93. The molecule has 0 bridgehead atoms. The van der Waals surface area contributed by atoms with Crippen molar-refractivity contribution in [2.45, 2.75) is 17.4 Å². The molecule has 1 N–H and O–H groups in total. The first-order valence-corrected chi connectivity index (χ1v) is 12.0. The summed E-state index contributed by atoms with van der Waals surface area (Å²) in [4.78, 5) is 3.17. The molecule has 1 fully saturated rings. The zero-order valence-electron chi connectivity index (χ0n) is 19.3. The summed E-state index contributed by atoms with van der Waals surface area (Å²) in [5.74, 6) is 1.91. The van der Waals surface area contributed by atoms with Gasteiger partial charge in [-0.1, -0.05) is 23.7 Å². The maximum atomic E-state index is 9.34. The number of rotatable bonds is 8. The fourth-order valence-corrected chi connectivity index (χ4v) is 4.84. The van der Waals surface area contributed by atoms with Gasteiger partial charge in [-0.25, -0.2) is 0 Å². The van der Waals surface area contributed by atoms with Gasteiger partial charge < -0.3 is 23.8 Å². The average Bonchev–Trinajstić information content (AvgIpc) is 3.28. The van der Waals surface area contributed by atoms with Gasteiger partial charge in [0, 0.05) is 35.3 Å². The molecule has 0 amide bonds. The van der Waals surface area contributed by atoms with E-state index in [1.54, 1.807) is 20.3 Å². The molecule has 0 radical (unpaired) electrons. The first-order chi connectivity index (χ1) is 16.5. The van der Waals surface area contributed by atoms with Crippen LogP contribution in [0.1, 0.15) is 12.0 Å². The number of hydrogen-bond donors (Lipinski definition) is 1. The van der Waals surface area contributed by atoms with Crippen LogP contribution in [0.15, 0.2) is 59.5 Å². The molecule has 176 valence electrons. The van der Waals surface area contributed by atoms with Gasteiger partial charge in [0.25, 0.3) is 0 Å². The van der Waals surface area contributed by atoms with Gasteiger partial charge in [-0.05, 0) is 67.4 Å². The Bertz CT molecular complexity index is 1210. The van der Waals surface area contributed by atoms with Crippen LogP contribution in [0.25, 0.3) is 11.1 Å². The molecule has 8 heteroatoms. The standard InChI is InChI=1S/C26H26ClN3O3S/c1-30-10-9-20(16-30)33-23-12-19(7-8-22(23)27)29-34-26-14-25(32-3)24(31-2)13-21(26)18-6-4-5-17(11-18)15-28/h4-8,11-14,20,29H,9-10,16H2,1-3H3. The van der Waals surface area contributed by atoms with Crippen molar-refractivity contribution in [3.05, 3.63) is 65.2 Å². The highest BCUT2D eigenvalue weighted by Crippen LogP contribution is 2.41. The number of halogens is 1. The number of anilines is 1. The Morgan fingerprint density at radius 3 is 2.56 bits per heavy atom. The van der Waals surface area contributed by atoms with E-state index in [9.17, 15) is 5.26 Å². The van der Waals surface area contributed by atoms with E-state index in [1.807, 2.05) is 48.5 Å². The van der Waals surface area contributed by atoms with Crippen LogP contribution in [0.4, 0.5) is 5.69 Å². The van der Waals surface area contributed by atoms with Crippen LogP contribution in [-0.4, -0.2) is 45.4 Å². The van der Waals surface area contributed by atoms with E-state index < -0.39 is 0 Å². The zero-order chi connectivity index (χ0) is 24.1. The van der Waals surface area contributed by atoms with Crippen LogP contribution >= 0.6 is 23.5 Å². The highest BCUT2D eigenvalue weighted by molar-refractivity contribution is 8.00. The van der Waals surface area contributed by atoms with Gasteiger partial charge in [0.05, 0.1) is 30.9 Å². The SMILES string of the molecule is COc1cc(SNc2ccc(Cl)c(OC3CCN(C)C3)c2)c(-c2cccc(C#N)c2)cc1OC. The van der Waals surface area contributed by atoms with Crippen LogP contribution in [0.3, 0.4) is 0 Å². The number of nitrogens with zero attached hydrogens (tertiary/aromatic N) is 2. The second-order valence-corrected chi connectivity index (χ2v) is 9.29. The molecular formula is C26H26ClN3O3S. The lowest BCUT2D eigenvalue weighted by atomic mass is 10.0. The number of methoxy groups -OCH3 is 2. The summed E-state index contributed by atoms with van der Waals surface area (Å²) in [6, 6.07) is 19.2. The first kappa shape index (κ1) is 24.1. The summed E-state index contributed by atoms with van der Waals surface area (Å²) >= 11 is 7.84. The summed E-state index contributed by atoms with van der Waals surface area (Å²) in [6.07, 6.45) is 1.12. The van der Waals surface area contributed by atoms with E-state index in [-0.39, 0.29) is 6.10 Å². The zero-order valence-corrected chi connectivity index (χ0v) is 20.9. The third kappa shape index (κ3) is 5.53. The molecule has 4 rings (SSSR count). The molecule has 0 aromatic heterocycles. The molecule has 0 spiro atoms. The van der Waals surface area contributed by atoms with Crippen molar-refractivity contribution in [2.75, 3.05) is 39.1 Å². The van der Waals surface area contributed by atoms with Gasteiger partial charge in [-0.2, -0.15) is 5.26 Å². The second-order valence-electron chi connectivity index (χ2n) is 8.04. The molecule has 3 aromatic rings. The summed E-state index contributed by atoms with van der Waals surface area (Å²) in [5.41, 5.74) is 3.29. The third-order valence-electron chi connectivity index (χ3n) is 5.64. The van der Waals surface area contributed by atoms with Crippen molar-refractivity contribution in [1.82, 2.24) is 4.90 Å². The number of ether oxygens (including phenoxy) is 3. The predicted octanol–water partition coefficient (Wildman–Crippen LogP) is 6.10. The molecule has 3 aromatic carbocycles. The summed E-state index contributed by atoms with van der Waals surface area (Å²) in [7, 11) is 5.31. The Hall–Kier alpha value is -3.05. The molecule has 1 atom stereocenters. The number of likely N-dealkylation sites (tertiary alicyclic amines) is 1. The minimum absolute atomic E-state index is 0.135. The molecular weight excluding hydrogens is 470 g/mol. The Balaban J connectivity index is 1.61. The van der Waals surface area contributed by atoms with Gasteiger partial charge in [-0.3, -0.25) is 0 Å². The number of benzene rings is 3. The van der Waals surface area contributed by atoms with E-state index in [2.05, 4.69) is 22.7 Å². The summed E-state index contributed by atoms with van der Waals surface area (Å²) < 4.78 is 20.6. The number of hydrogen-bond acceptors (Lipinski definition) is 7. The lowest BCUT2D eigenvalue weighted by Crippen LogP contribution is -2.21. The maximum Gasteiger partial charge on any atom is 0.161 e. The van der Waals surface area contributed by atoms with Gasteiger partial charge in [0.1, 0.15) is 11.9 Å². The van der Waals surface area contributed by atoms with Crippen molar-refractivity contribution < 1.29 is 14.2 Å². The molecule has 1 heterocycles. The average molecular weight is 496 g/mol. The smallest absolute Gasteiger partial charge is 0.161 e. The van der Waals surface area contributed by atoms with Gasteiger partial charge in [0.2, 0.25) is 0 Å². The molecule has 6 nitrogen and oxygen atoms in total. The van der Waals surface area contributed by atoms with Gasteiger partial charge in [-0.15, -0.1) is 0 Å². The Morgan fingerprint density at radius 2 is 1.85 bits per heavy atom. The quantitative estimate of drug-likeness (QED) is 0.379. The first-order valence-electron chi connectivity index (χ1n) is 10.8. The Kier molecular flexibility index (Phi) is 7.73. The summed E-state index contributed by atoms with van der Waals surface area (Å²) in [6.45, 7) is 1.91. The lowest BCUT2D eigenvalue weighted by Gasteiger charge is -2.17. The van der Waals surface area contributed by atoms with E-state index in [1.165, 1.54) is 11.9 Å². The molecule has 0 saturated carbocycles. The van der Waals surface area contributed by atoms with Crippen LogP contribution in [0.5, 0.6) is 17.2 Å². The lowest BCUT2D eigenvalue weighted by molar-refractivity contribution is 0.208. The number of nitrogens with one attached hydrogen (secondary N) is 1. The molecule has 1 aliphatic heterocycles. The van der Waals surface area contributed by atoms with Gasteiger partial charge >= 0.3 is 0 Å². The van der Waals surface area contributed by atoms with Crippen molar-refractivity contribution in [3.8, 4) is 34.4 Å². The van der Waals surface area contributed by atoms with E-state index in [0.717, 1.165) is 41.2 Å². The van der Waals surface area contributed by atoms with Crippen LogP contribution in [-0.2, 0) is 0 Å². The Morgan fingerprint density at radius 1 is 1.06 bits per heavy atom. The minimum Gasteiger partial charge on any atom is -0.493 e. The van der Waals surface area contributed by atoms with Crippen molar-refractivity contribution in [3.63, 3.8) is 0 Å². The second kappa shape index (κ2) is 10.9. The van der Waals surface area contributed by atoms with Crippen LogP contribution < -0.4 is 18.9 Å². The van der Waals surface area contributed by atoms with Crippen molar-refractivity contribution in [1.29, 1.82) is 5.26 Å². The Labute approximate surface area is 209 Å². The number of likely N-dealkylation sites (N-methyl/N-ethyl adjacent to an activating group) is 1. The molecule has 34 heavy (non-hydrogen) atoms. The number of nitriles is 1. The topological polar surface area (TPSA) is 66.8 Å². The molecule has 1 aliphatic rings. The normalized spacial score (nSPS) is 15.6. The minimum atomic E-state index is 0.135. The van der Waals surface area contributed by atoms with Crippen LogP contribution in [0, 0.1) is 11.3 Å². The highest BCUT2D eigenvalue weighted by atomic mass is 35.5. The van der Waals surface area contributed by atoms with E-state index in [4.69, 9.17) is 25.8 Å². The monoisotopic (exact) mass is 495 g/mol. The molecule has 0 aliphatic carbocycles. The van der Waals surface area contributed by atoms with Crippen LogP contribution in [0.2, 0.25) is 5.02 Å². The van der Waals surface area contributed by atoms with Crippen molar-refractivity contribution in [2.24, 2.45) is 0 Å². The fourth-order valence-electron chi connectivity index (χ4n) is 3.87. The molecule has 1 unspecified atom stereocenters.